The van der Waals surface area contributed by atoms with Gasteiger partial charge in [-0.1, -0.05) is 0 Å². The second-order valence-electron chi connectivity index (χ2n) is 2.70. The third-order valence-electron chi connectivity index (χ3n) is 1.87. The van der Waals surface area contributed by atoms with E-state index in [0.717, 1.165) is 7.11 Å². The van der Waals surface area contributed by atoms with Gasteiger partial charge in [-0.05, 0) is 6.92 Å². The van der Waals surface area contributed by atoms with Gasteiger partial charge in [0.2, 0.25) is 0 Å². The van der Waals surface area contributed by atoms with Gasteiger partial charge < -0.3 is 10.5 Å². The third kappa shape index (κ3) is 1.49. The Hall–Kier alpha value is -1.17. The van der Waals surface area contributed by atoms with Gasteiger partial charge in [-0.15, -0.1) is 0 Å². The smallest absolute Gasteiger partial charge is 0.384 e. The number of hydrogen-bond acceptors (Lipinski definition) is 3. The monoisotopic (exact) mass is 191 g/mol. The van der Waals surface area contributed by atoms with Crippen LogP contribution in [0.1, 0.15) is 11.3 Å². The average molecular weight is 191 g/mol. The highest BCUT2D eigenvalue weighted by Gasteiger charge is 2.37. The van der Waals surface area contributed by atoms with E-state index in [9.17, 15) is 8.78 Å². The zero-order valence-corrected chi connectivity index (χ0v) is 7.64. The van der Waals surface area contributed by atoms with Crippen molar-refractivity contribution in [2.24, 2.45) is 7.05 Å². The van der Waals surface area contributed by atoms with Crippen LogP contribution in [0.3, 0.4) is 0 Å². The molecule has 2 N–H and O–H groups in total. The number of aryl methyl sites for hydroxylation is 1. The quantitative estimate of drug-likeness (QED) is 0.758. The molecule has 1 aromatic rings. The SMILES string of the molecule is COC(F)(F)c1nn(C)c(N)c1C. The number of hydrogen-bond donors (Lipinski definition) is 1. The minimum absolute atomic E-state index is 0.215. The summed E-state index contributed by atoms with van der Waals surface area (Å²) in [6.07, 6.45) is -3.38. The number of alkyl halides is 2. The molecule has 13 heavy (non-hydrogen) atoms. The van der Waals surface area contributed by atoms with Gasteiger partial charge in [0, 0.05) is 19.7 Å². The van der Waals surface area contributed by atoms with E-state index in [4.69, 9.17) is 5.73 Å². The van der Waals surface area contributed by atoms with Crippen LogP contribution < -0.4 is 5.73 Å². The lowest BCUT2D eigenvalue weighted by atomic mass is 10.2. The molecule has 0 aliphatic heterocycles. The van der Waals surface area contributed by atoms with E-state index in [2.05, 4.69) is 9.84 Å². The van der Waals surface area contributed by atoms with Crippen molar-refractivity contribution in [3.8, 4) is 0 Å². The molecule has 1 aromatic heterocycles. The van der Waals surface area contributed by atoms with Gasteiger partial charge >= 0.3 is 6.11 Å². The van der Waals surface area contributed by atoms with E-state index >= 15 is 0 Å². The molecular weight excluding hydrogens is 180 g/mol. The Labute approximate surface area is 74.3 Å². The van der Waals surface area contributed by atoms with Gasteiger partial charge in [0.25, 0.3) is 0 Å². The van der Waals surface area contributed by atoms with E-state index in [1.807, 2.05) is 0 Å². The standard InChI is InChI=1S/C7H11F2N3O/c1-4-5(7(8,9)13-3)11-12(2)6(4)10/h10H2,1-3H3. The molecule has 0 bridgehead atoms. The van der Waals surface area contributed by atoms with Gasteiger partial charge in [-0.25, -0.2) is 0 Å². The first-order valence-corrected chi connectivity index (χ1v) is 3.62. The van der Waals surface area contributed by atoms with Gasteiger partial charge in [-0.3, -0.25) is 4.68 Å². The number of halogens is 2. The lowest BCUT2D eigenvalue weighted by Crippen LogP contribution is -2.17. The first-order valence-electron chi connectivity index (χ1n) is 3.62. The first-order chi connectivity index (χ1) is 5.90. The second kappa shape index (κ2) is 2.95. The highest BCUT2D eigenvalue weighted by molar-refractivity contribution is 5.43. The maximum atomic E-state index is 13.0. The lowest BCUT2D eigenvalue weighted by molar-refractivity contribution is -0.234. The van der Waals surface area contributed by atoms with Crippen molar-refractivity contribution < 1.29 is 13.5 Å². The van der Waals surface area contributed by atoms with Crippen molar-refractivity contribution in [2.45, 2.75) is 13.0 Å². The Bertz CT molecular complexity index is 322. The molecule has 0 amide bonds. The predicted octanol–water partition coefficient (Wildman–Crippen LogP) is 1.01. The summed E-state index contributed by atoms with van der Waals surface area (Å²) in [7, 11) is 2.42. The highest BCUT2D eigenvalue weighted by atomic mass is 19.3. The Balaban J connectivity index is 3.23. The number of nitrogen functional groups attached to an aromatic ring is 1. The van der Waals surface area contributed by atoms with Gasteiger partial charge in [0.05, 0.1) is 0 Å². The van der Waals surface area contributed by atoms with Crippen LogP contribution in [0, 0.1) is 6.92 Å². The average Bonchev–Trinajstić information content (AvgIpc) is 2.33. The molecule has 0 radical (unpaired) electrons. The Kier molecular flexibility index (Phi) is 2.25. The summed E-state index contributed by atoms with van der Waals surface area (Å²) in [6, 6.07) is 0. The van der Waals surface area contributed by atoms with Crippen molar-refractivity contribution in [2.75, 3.05) is 12.8 Å². The molecule has 0 aromatic carbocycles. The van der Waals surface area contributed by atoms with E-state index in [1.165, 1.54) is 18.7 Å². The maximum absolute atomic E-state index is 13.0. The molecule has 0 spiro atoms. The molecule has 4 nitrogen and oxygen atoms in total. The van der Waals surface area contributed by atoms with Gasteiger partial charge in [0.15, 0.2) is 5.69 Å². The Morgan fingerprint density at radius 3 is 2.38 bits per heavy atom. The third-order valence-corrected chi connectivity index (χ3v) is 1.87. The summed E-state index contributed by atoms with van der Waals surface area (Å²) in [5.41, 5.74) is 5.28. The summed E-state index contributed by atoms with van der Waals surface area (Å²) >= 11 is 0. The zero-order chi connectivity index (χ0) is 10.2. The number of aromatic nitrogens is 2. The van der Waals surface area contributed by atoms with E-state index in [-0.39, 0.29) is 11.4 Å². The lowest BCUT2D eigenvalue weighted by Gasteiger charge is -2.11. The minimum Gasteiger partial charge on any atom is -0.384 e. The van der Waals surface area contributed by atoms with E-state index in [1.54, 1.807) is 0 Å². The number of methoxy groups -OCH3 is 1. The Morgan fingerprint density at radius 1 is 1.54 bits per heavy atom. The summed E-state index contributed by atoms with van der Waals surface area (Å²) in [5.74, 6) is 0.215. The molecule has 1 heterocycles. The fourth-order valence-electron chi connectivity index (χ4n) is 1.02. The summed E-state index contributed by atoms with van der Waals surface area (Å²) in [6.45, 7) is 1.48. The number of anilines is 1. The largest absolute Gasteiger partial charge is 0.401 e. The topological polar surface area (TPSA) is 53.1 Å². The number of rotatable bonds is 2. The first kappa shape index (κ1) is 9.91. The molecule has 6 heteroatoms. The highest BCUT2D eigenvalue weighted by Crippen LogP contribution is 2.31. The van der Waals surface area contributed by atoms with Crippen LogP contribution in [-0.4, -0.2) is 16.9 Å². The number of nitrogens with two attached hydrogens (primary N) is 1. The van der Waals surface area contributed by atoms with Crippen molar-refractivity contribution in [3.05, 3.63) is 11.3 Å². The fourth-order valence-corrected chi connectivity index (χ4v) is 1.02. The van der Waals surface area contributed by atoms with Crippen LogP contribution in [0.15, 0.2) is 0 Å². The molecule has 0 fully saturated rings. The van der Waals surface area contributed by atoms with Crippen LogP contribution in [0.25, 0.3) is 0 Å². The van der Waals surface area contributed by atoms with E-state index < -0.39 is 11.8 Å². The second-order valence-corrected chi connectivity index (χ2v) is 2.70. The zero-order valence-electron chi connectivity index (χ0n) is 7.64. The molecule has 0 atom stereocenters. The molecule has 1 rings (SSSR count). The number of nitrogens with zero attached hydrogens (tertiary/aromatic N) is 2. The van der Waals surface area contributed by atoms with Gasteiger partial charge in [-0.2, -0.15) is 13.9 Å². The van der Waals surface area contributed by atoms with Crippen molar-refractivity contribution in [1.82, 2.24) is 9.78 Å². The van der Waals surface area contributed by atoms with Crippen LogP contribution in [0.5, 0.6) is 0 Å². The summed E-state index contributed by atoms with van der Waals surface area (Å²) in [4.78, 5) is 0. The Morgan fingerprint density at radius 2 is 2.08 bits per heavy atom. The molecule has 0 saturated heterocycles. The molecular formula is C7H11F2N3O. The molecule has 0 aliphatic carbocycles. The molecule has 74 valence electrons. The molecule has 0 unspecified atom stereocenters. The van der Waals surface area contributed by atoms with Crippen LogP contribution >= 0.6 is 0 Å². The van der Waals surface area contributed by atoms with Crippen LogP contribution in [0.4, 0.5) is 14.6 Å². The molecule has 0 aliphatic rings. The maximum Gasteiger partial charge on any atom is 0.401 e. The number of ether oxygens (including phenoxy) is 1. The van der Waals surface area contributed by atoms with Gasteiger partial charge in [0.1, 0.15) is 5.82 Å². The van der Waals surface area contributed by atoms with Crippen molar-refractivity contribution in [1.29, 1.82) is 0 Å². The van der Waals surface area contributed by atoms with E-state index in [0.29, 0.717) is 0 Å². The minimum atomic E-state index is -3.38. The van der Waals surface area contributed by atoms with Crippen molar-refractivity contribution in [3.63, 3.8) is 0 Å². The predicted molar refractivity (Wildman–Crippen MR) is 43.3 cm³/mol. The summed E-state index contributed by atoms with van der Waals surface area (Å²) < 4.78 is 31.2. The van der Waals surface area contributed by atoms with Crippen LogP contribution in [-0.2, 0) is 17.9 Å². The fraction of sp³-hybridized carbons (Fsp3) is 0.571. The summed E-state index contributed by atoms with van der Waals surface area (Å²) in [5, 5.41) is 3.57. The van der Waals surface area contributed by atoms with Crippen molar-refractivity contribution >= 4 is 5.82 Å². The molecule has 0 saturated carbocycles. The van der Waals surface area contributed by atoms with Crippen LogP contribution in [0.2, 0.25) is 0 Å². The normalized spacial score (nSPS) is 12.1.